The SMILES string of the molecule is CNCCC(=O)Nc1ccc(C)c(C(F)(F)F)c1. The van der Waals surface area contributed by atoms with Crippen molar-refractivity contribution in [2.45, 2.75) is 19.5 Å². The lowest BCUT2D eigenvalue weighted by Gasteiger charge is -2.12. The molecule has 0 aliphatic heterocycles. The summed E-state index contributed by atoms with van der Waals surface area (Å²) in [5.74, 6) is -0.318. The summed E-state index contributed by atoms with van der Waals surface area (Å²) in [7, 11) is 1.70. The van der Waals surface area contributed by atoms with Gasteiger partial charge in [0.25, 0.3) is 0 Å². The zero-order valence-corrected chi connectivity index (χ0v) is 10.2. The van der Waals surface area contributed by atoms with Crippen LogP contribution in [0.5, 0.6) is 0 Å². The second kappa shape index (κ2) is 5.86. The Balaban J connectivity index is 2.83. The molecule has 1 aromatic carbocycles. The Kier molecular flexibility index (Phi) is 4.72. The summed E-state index contributed by atoms with van der Waals surface area (Å²) in [6.07, 6.45) is -4.19. The van der Waals surface area contributed by atoms with Gasteiger partial charge in [-0.15, -0.1) is 0 Å². The van der Waals surface area contributed by atoms with Gasteiger partial charge in [0.2, 0.25) is 5.91 Å². The summed E-state index contributed by atoms with van der Waals surface area (Å²) in [5, 5.41) is 5.23. The van der Waals surface area contributed by atoms with Crippen LogP contribution in [-0.2, 0) is 11.0 Å². The van der Waals surface area contributed by atoms with Crippen molar-refractivity contribution < 1.29 is 18.0 Å². The Bertz CT molecular complexity index is 430. The van der Waals surface area contributed by atoms with E-state index in [0.29, 0.717) is 6.54 Å². The molecule has 0 aliphatic carbocycles. The van der Waals surface area contributed by atoms with Crippen LogP contribution in [0.25, 0.3) is 0 Å². The van der Waals surface area contributed by atoms with Gasteiger partial charge in [0.1, 0.15) is 0 Å². The maximum absolute atomic E-state index is 12.6. The van der Waals surface area contributed by atoms with Gasteiger partial charge in [-0.2, -0.15) is 13.2 Å². The minimum absolute atomic E-state index is 0.135. The van der Waals surface area contributed by atoms with Crippen LogP contribution in [0.3, 0.4) is 0 Å². The van der Waals surface area contributed by atoms with Crippen molar-refractivity contribution in [1.29, 1.82) is 0 Å². The van der Waals surface area contributed by atoms with E-state index in [0.717, 1.165) is 6.07 Å². The first-order chi connectivity index (χ1) is 8.34. The van der Waals surface area contributed by atoms with Gasteiger partial charge in [-0.25, -0.2) is 0 Å². The van der Waals surface area contributed by atoms with Gasteiger partial charge >= 0.3 is 6.18 Å². The molecule has 0 saturated heterocycles. The summed E-state index contributed by atoms with van der Waals surface area (Å²) in [6, 6.07) is 3.75. The van der Waals surface area contributed by atoms with Crippen molar-refractivity contribution >= 4 is 11.6 Å². The molecule has 0 aliphatic rings. The van der Waals surface area contributed by atoms with Crippen molar-refractivity contribution in [2.75, 3.05) is 18.9 Å². The number of hydrogen-bond acceptors (Lipinski definition) is 2. The molecule has 1 amide bonds. The first-order valence-electron chi connectivity index (χ1n) is 5.47. The number of amides is 1. The fraction of sp³-hybridized carbons (Fsp3) is 0.417. The van der Waals surface area contributed by atoms with Gasteiger partial charge in [0.15, 0.2) is 0 Å². The number of alkyl halides is 3. The number of hydrogen-bond donors (Lipinski definition) is 2. The smallest absolute Gasteiger partial charge is 0.326 e. The van der Waals surface area contributed by atoms with Crippen LogP contribution in [-0.4, -0.2) is 19.5 Å². The summed E-state index contributed by atoms with van der Waals surface area (Å²) in [5.41, 5.74) is -0.432. The third-order valence-electron chi connectivity index (χ3n) is 2.43. The molecule has 0 unspecified atom stereocenters. The van der Waals surface area contributed by atoms with Crippen LogP contribution < -0.4 is 10.6 Å². The van der Waals surface area contributed by atoms with Gasteiger partial charge in [0, 0.05) is 18.7 Å². The highest BCUT2D eigenvalue weighted by atomic mass is 19.4. The quantitative estimate of drug-likeness (QED) is 0.873. The molecule has 6 heteroatoms. The molecule has 0 spiro atoms. The highest BCUT2D eigenvalue weighted by Crippen LogP contribution is 2.33. The Hall–Kier alpha value is -1.56. The topological polar surface area (TPSA) is 41.1 Å². The molecule has 0 aromatic heterocycles. The van der Waals surface area contributed by atoms with E-state index in [1.807, 2.05) is 0 Å². The maximum atomic E-state index is 12.6. The van der Waals surface area contributed by atoms with E-state index in [2.05, 4.69) is 10.6 Å². The molecule has 0 saturated carbocycles. The summed E-state index contributed by atoms with van der Waals surface area (Å²) in [4.78, 5) is 11.4. The van der Waals surface area contributed by atoms with Gasteiger partial charge in [-0.3, -0.25) is 4.79 Å². The first-order valence-corrected chi connectivity index (χ1v) is 5.47. The van der Waals surface area contributed by atoms with Gasteiger partial charge in [0.05, 0.1) is 5.56 Å². The molecule has 0 radical (unpaired) electrons. The first kappa shape index (κ1) is 14.5. The molecule has 1 rings (SSSR count). The molecule has 3 nitrogen and oxygen atoms in total. The van der Waals surface area contributed by atoms with Crippen LogP contribution in [0.4, 0.5) is 18.9 Å². The lowest BCUT2D eigenvalue weighted by molar-refractivity contribution is -0.138. The molecule has 0 atom stereocenters. The molecule has 1 aromatic rings. The van der Waals surface area contributed by atoms with E-state index in [4.69, 9.17) is 0 Å². The third kappa shape index (κ3) is 4.03. The van der Waals surface area contributed by atoms with Crippen LogP contribution in [0.1, 0.15) is 17.5 Å². The molecule has 2 N–H and O–H groups in total. The molecular formula is C12H15F3N2O. The highest BCUT2D eigenvalue weighted by molar-refractivity contribution is 5.90. The van der Waals surface area contributed by atoms with Crippen LogP contribution in [0.2, 0.25) is 0 Å². The molecule has 100 valence electrons. The number of rotatable bonds is 4. The number of nitrogens with one attached hydrogen (secondary N) is 2. The van der Waals surface area contributed by atoms with Crippen LogP contribution in [0, 0.1) is 6.92 Å². The van der Waals surface area contributed by atoms with Crippen molar-refractivity contribution in [3.05, 3.63) is 29.3 Å². The lowest BCUT2D eigenvalue weighted by atomic mass is 10.1. The summed E-state index contributed by atoms with van der Waals surface area (Å²) < 4.78 is 37.9. The molecule has 0 fully saturated rings. The number of anilines is 1. The van der Waals surface area contributed by atoms with Crippen LogP contribution in [0.15, 0.2) is 18.2 Å². The van der Waals surface area contributed by atoms with Gasteiger partial charge < -0.3 is 10.6 Å². The Morgan fingerprint density at radius 3 is 2.56 bits per heavy atom. The minimum atomic E-state index is -4.41. The Morgan fingerprint density at radius 2 is 2.00 bits per heavy atom. The van der Waals surface area contributed by atoms with E-state index in [-0.39, 0.29) is 23.6 Å². The van der Waals surface area contributed by atoms with E-state index >= 15 is 0 Å². The van der Waals surface area contributed by atoms with E-state index in [1.165, 1.54) is 19.1 Å². The van der Waals surface area contributed by atoms with Crippen molar-refractivity contribution in [1.82, 2.24) is 5.32 Å². The normalized spacial score (nSPS) is 11.4. The second-order valence-electron chi connectivity index (χ2n) is 3.93. The number of carbonyl (C=O) groups is 1. The zero-order valence-electron chi connectivity index (χ0n) is 10.2. The monoisotopic (exact) mass is 260 g/mol. The largest absolute Gasteiger partial charge is 0.416 e. The fourth-order valence-electron chi connectivity index (χ4n) is 1.47. The van der Waals surface area contributed by atoms with Crippen molar-refractivity contribution in [2.24, 2.45) is 0 Å². The highest BCUT2D eigenvalue weighted by Gasteiger charge is 2.32. The summed E-state index contributed by atoms with van der Waals surface area (Å²) >= 11 is 0. The third-order valence-corrected chi connectivity index (χ3v) is 2.43. The number of halogens is 3. The minimum Gasteiger partial charge on any atom is -0.326 e. The van der Waals surface area contributed by atoms with E-state index < -0.39 is 11.7 Å². The number of carbonyl (C=O) groups excluding carboxylic acids is 1. The Morgan fingerprint density at radius 1 is 1.33 bits per heavy atom. The fourth-order valence-corrected chi connectivity index (χ4v) is 1.47. The summed E-state index contributed by atoms with van der Waals surface area (Å²) in [6.45, 7) is 1.86. The van der Waals surface area contributed by atoms with Gasteiger partial charge in [-0.1, -0.05) is 6.07 Å². The standard InChI is InChI=1S/C12H15F3N2O/c1-8-3-4-9(7-10(8)12(13,14)15)17-11(18)5-6-16-2/h3-4,7,16H,5-6H2,1-2H3,(H,17,18). The predicted molar refractivity (Wildman–Crippen MR) is 63.4 cm³/mol. The van der Waals surface area contributed by atoms with Crippen molar-refractivity contribution in [3.63, 3.8) is 0 Å². The Labute approximate surface area is 103 Å². The maximum Gasteiger partial charge on any atom is 0.416 e. The lowest BCUT2D eigenvalue weighted by Crippen LogP contribution is -2.19. The van der Waals surface area contributed by atoms with Gasteiger partial charge in [-0.05, 0) is 31.7 Å². The average Bonchev–Trinajstić information content (AvgIpc) is 2.27. The number of benzene rings is 1. The molecular weight excluding hydrogens is 245 g/mol. The molecule has 18 heavy (non-hydrogen) atoms. The number of aryl methyl sites for hydroxylation is 1. The van der Waals surface area contributed by atoms with Crippen molar-refractivity contribution in [3.8, 4) is 0 Å². The zero-order chi connectivity index (χ0) is 13.8. The molecule has 0 bridgehead atoms. The van der Waals surface area contributed by atoms with E-state index in [1.54, 1.807) is 7.05 Å². The predicted octanol–water partition coefficient (Wildman–Crippen LogP) is 2.56. The average molecular weight is 260 g/mol. The van der Waals surface area contributed by atoms with E-state index in [9.17, 15) is 18.0 Å². The molecule has 0 heterocycles. The second-order valence-corrected chi connectivity index (χ2v) is 3.93. The van der Waals surface area contributed by atoms with Crippen LogP contribution >= 0.6 is 0 Å².